The van der Waals surface area contributed by atoms with Crippen molar-refractivity contribution in [2.45, 2.75) is 32.5 Å². The lowest BCUT2D eigenvalue weighted by atomic mass is 9.92. The molecule has 0 saturated heterocycles. The molecule has 128 valence electrons. The quantitative estimate of drug-likeness (QED) is 0.701. The van der Waals surface area contributed by atoms with E-state index in [4.69, 9.17) is 11.6 Å². The first-order valence-electron chi connectivity index (χ1n) is 7.33. The van der Waals surface area contributed by atoms with E-state index < -0.39 is 11.6 Å². The van der Waals surface area contributed by atoms with Crippen molar-refractivity contribution in [3.05, 3.63) is 58.7 Å². The summed E-state index contributed by atoms with van der Waals surface area (Å²) in [6.07, 6.45) is 3.28. The number of pyridine rings is 1. The number of nitrogens with zero attached hydrogens (tertiary/aromatic N) is 1. The number of nitrogens with one attached hydrogen (secondary N) is 2. The molecule has 0 aliphatic carbocycles. The maximum atomic E-state index is 14.2. The average Bonchev–Trinajstić information content (AvgIpc) is 2.48. The van der Waals surface area contributed by atoms with Crippen LogP contribution in [-0.2, 0) is 0 Å². The first-order valence-corrected chi connectivity index (χ1v) is 7.70. The zero-order chi connectivity index (χ0) is 18.1. The van der Waals surface area contributed by atoms with Gasteiger partial charge in [0.05, 0.1) is 11.7 Å². The van der Waals surface area contributed by atoms with Crippen molar-refractivity contribution in [1.29, 1.82) is 0 Å². The number of hydrogen-bond donors (Lipinski definition) is 3. The van der Waals surface area contributed by atoms with Crippen molar-refractivity contribution >= 4 is 23.3 Å². The van der Waals surface area contributed by atoms with Crippen LogP contribution in [0.4, 0.5) is 10.1 Å². The molecule has 0 fully saturated rings. The monoisotopic (exact) mass is 351 g/mol. The topological polar surface area (TPSA) is 74.2 Å². The molecule has 0 amide bonds. The molecular weight excluding hydrogens is 333 g/mol. The van der Waals surface area contributed by atoms with E-state index in [9.17, 15) is 14.3 Å². The van der Waals surface area contributed by atoms with Crippen molar-refractivity contribution in [1.82, 2.24) is 10.3 Å². The summed E-state index contributed by atoms with van der Waals surface area (Å²) in [6, 6.07) is 2.73. The number of anilines is 1. The van der Waals surface area contributed by atoms with E-state index in [0.717, 1.165) is 5.57 Å². The number of carbonyl (C=O) groups is 1. The molecule has 1 aliphatic rings. The first kappa shape index (κ1) is 18.0. The highest BCUT2D eigenvalue weighted by atomic mass is 35.5. The molecule has 24 heavy (non-hydrogen) atoms. The fourth-order valence-electron chi connectivity index (χ4n) is 2.30. The van der Waals surface area contributed by atoms with Gasteiger partial charge in [-0.3, -0.25) is 0 Å². The third-order valence-electron chi connectivity index (χ3n) is 3.65. The van der Waals surface area contributed by atoms with E-state index in [-0.39, 0.29) is 16.9 Å². The van der Waals surface area contributed by atoms with Gasteiger partial charge in [-0.15, -0.1) is 0 Å². The van der Waals surface area contributed by atoms with Crippen LogP contribution in [0, 0.1) is 0 Å². The van der Waals surface area contributed by atoms with Gasteiger partial charge in [0.15, 0.2) is 5.69 Å². The number of aromatic carboxylic acids is 1. The van der Waals surface area contributed by atoms with Crippen molar-refractivity contribution in [3.63, 3.8) is 0 Å². The number of aromatic nitrogens is 1. The average molecular weight is 352 g/mol. The summed E-state index contributed by atoms with van der Waals surface area (Å²) in [5, 5.41) is 15.4. The second-order valence-electron chi connectivity index (χ2n) is 6.00. The van der Waals surface area contributed by atoms with Crippen molar-refractivity contribution < 1.29 is 14.3 Å². The number of alkyl halides is 1. The van der Waals surface area contributed by atoms with Gasteiger partial charge in [0.2, 0.25) is 0 Å². The number of rotatable bonds is 5. The van der Waals surface area contributed by atoms with Crippen LogP contribution < -0.4 is 10.6 Å². The Kier molecular flexibility index (Phi) is 4.99. The minimum Gasteiger partial charge on any atom is -0.476 e. The van der Waals surface area contributed by atoms with Crippen LogP contribution in [0.15, 0.2) is 47.8 Å². The Morgan fingerprint density at radius 1 is 1.50 bits per heavy atom. The Labute approximate surface area is 144 Å². The van der Waals surface area contributed by atoms with Gasteiger partial charge < -0.3 is 15.7 Å². The fraction of sp³-hybridized carbons (Fsp3) is 0.294. The summed E-state index contributed by atoms with van der Waals surface area (Å²) in [5.41, 5.74) is 0.458. The van der Waals surface area contributed by atoms with E-state index in [2.05, 4.69) is 22.2 Å². The molecule has 1 atom stereocenters. The molecule has 0 unspecified atom stereocenters. The van der Waals surface area contributed by atoms with Gasteiger partial charge in [-0.25, -0.2) is 14.2 Å². The smallest absolute Gasteiger partial charge is 0.356 e. The van der Waals surface area contributed by atoms with Gasteiger partial charge in [-0.2, -0.15) is 0 Å². The highest BCUT2D eigenvalue weighted by Crippen LogP contribution is 2.29. The summed E-state index contributed by atoms with van der Waals surface area (Å²) in [5.74, 6) is -1.19. The van der Waals surface area contributed by atoms with E-state index in [1.54, 1.807) is 18.3 Å². The van der Waals surface area contributed by atoms with Gasteiger partial charge in [0.1, 0.15) is 10.8 Å². The third kappa shape index (κ3) is 3.94. The molecular formula is C17H19ClFN3O2. The summed E-state index contributed by atoms with van der Waals surface area (Å²) in [7, 11) is 0. The molecule has 1 aromatic heterocycles. The summed E-state index contributed by atoms with van der Waals surface area (Å²) < 4.78 is 14.2. The molecule has 0 spiro atoms. The number of halogens is 2. The van der Waals surface area contributed by atoms with Crippen LogP contribution in [0.2, 0.25) is 5.15 Å². The van der Waals surface area contributed by atoms with Gasteiger partial charge in [-0.05, 0) is 44.6 Å². The van der Waals surface area contributed by atoms with Gasteiger partial charge in [-0.1, -0.05) is 18.2 Å². The molecule has 0 bridgehead atoms. The number of carboxylic acids is 1. The maximum absolute atomic E-state index is 14.2. The molecule has 3 N–H and O–H groups in total. The number of hydrogen-bond acceptors (Lipinski definition) is 4. The lowest BCUT2D eigenvalue weighted by molar-refractivity contribution is 0.0691. The van der Waals surface area contributed by atoms with Crippen LogP contribution in [-0.4, -0.2) is 27.8 Å². The Balaban J connectivity index is 2.31. The van der Waals surface area contributed by atoms with Crippen LogP contribution in [0.5, 0.6) is 0 Å². The third-order valence-corrected chi connectivity index (χ3v) is 3.86. The minimum absolute atomic E-state index is 0.0953. The largest absolute Gasteiger partial charge is 0.476 e. The summed E-state index contributed by atoms with van der Waals surface area (Å²) in [6.45, 7) is 8.66. The second kappa shape index (κ2) is 6.65. The second-order valence-corrected chi connectivity index (χ2v) is 6.38. The highest BCUT2D eigenvalue weighted by Gasteiger charge is 2.26. The van der Waals surface area contributed by atoms with E-state index in [1.165, 1.54) is 19.9 Å². The predicted molar refractivity (Wildman–Crippen MR) is 92.9 cm³/mol. The molecule has 0 radical (unpaired) electrons. The molecule has 7 heteroatoms. The van der Waals surface area contributed by atoms with Gasteiger partial charge >= 0.3 is 5.97 Å². The Morgan fingerprint density at radius 3 is 2.75 bits per heavy atom. The maximum Gasteiger partial charge on any atom is 0.356 e. The highest BCUT2D eigenvalue weighted by molar-refractivity contribution is 6.29. The van der Waals surface area contributed by atoms with Crippen molar-refractivity contribution in [2.24, 2.45) is 0 Å². The predicted octanol–water partition coefficient (Wildman–Crippen LogP) is 3.91. The number of allylic oxidation sites excluding steroid dienone is 2. The SMILES string of the molecule is C=C1NC=C(C(C)(C)F)C=C1[C@@H](C)Nc1ccc(Cl)nc1C(=O)O. The number of dihydropyridines is 1. The van der Waals surface area contributed by atoms with Crippen LogP contribution in [0.3, 0.4) is 0 Å². The molecule has 5 nitrogen and oxygen atoms in total. The van der Waals surface area contributed by atoms with Gasteiger partial charge in [0.25, 0.3) is 0 Å². The molecule has 2 rings (SSSR count). The zero-order valence-electron chi connectivity index (χ0n) is 13.7. The van der Waals surface area contributed by atoms with Gasteiger partial charge in [0, 0.05) is 17.5 Å². The lowest BCUT2D eigenvalue weighted by Gasteiger charge is -2.27. The minimum atomic E-state index is -1.51. The normalized spacial score (nSPS) is 16.0. The fourth-order valence-corrected chi connectivity index (χ4v) is 2.45. The van der Waals surface area contributed by atoms with E-state index >= 15 is 0 Å². The molecule has 0 saturated carbocycles. The van der Waals surface area contributed by atoms with Crippen LogP contribution in [0.25, 0.3) is 0 Å². The number of carboxylic acid groups (broad SMARTS) is 1. The summed E-state index contributed by atoms with van der Waals surface area (Å²) >= 11 is 5.75. The van der Waals surface area contributed by atoms with Crippen LogP contribution in [0.1, 0.15) is 31.3 Å². The summed E-state index contributed by atoms with van der Waals surface area (Å²) in [4.78, 5) is 15.1. The molecule has 0 aromatic carbocycles. The van der Waals surface area contributed by atoms with Crippen molar-refractivity contribution in [2.75, 3.05) is 5.32 Å². The van der Waals surface area contributed by atoms with E-state index in [0.29, 0.717) is 17.0 Å². The zero-order valence-corrected chi connectivity index (χ0v) is 14.4. The Bertz CT molecular complexity index is 751. The molecule has 2 heterocycles. The van der Waals surface area contributed by atoms with Crippen molar-refractivity contribution in [3.8, 4) is 0 Å². The standard InChI is InChI=1S/C17H19ClFN3O2/c1-9-12(7-11(8-20-9)17(3,4)19)10(2)21-13-5-6-14(18)22-15(13)16(23)24/h5-8,10,20-21H,1H2,2-4H3,(H,23,24)/t10-/m1/s1. The van der Waals surface area contributed by atoms with E-state index in [1.807, 2.05) is 6.92 Å². The van der Waals surface area contributed by atoms with Crippen LogP contribution >= 0.6 is 11.6 Å². The lowest BCUT2D eigenvalue weighted by Crippen LogP contribution is -2.29. The molecule has 1 aromatic rings. The Hall–Kier alpha value is -2.34. The molecule has 1 aliphatic heterocycles. The first-order chi connectivity index (χ1) is 11.1. The Morgan fingerprint density at radius 2 is 2.17 bits per heavy atom.